The Kier molecular flexibility index (Phi) is 7.15. The molecule has 1 aliphatic heterocycles. The molecule has 1 heterocycles. The zero-order valence-corrected chi connectivity index (χ0v) is 16.6. The maximum absolute atomic E-state index is 14.1. The molecule has 0 spiro atoms. The summed E-state index contributed by atoms with van der Waals surface area (Å²) in [7, 11) is -13.0. The number of rotatable bonds is 9. The summed E-state index contributed by atoms with van der Waals surface area (Å²) in [4.78, 5) is 0. The van der Waals surface area contributed by atoms with Crippen LogP contribution in [0.1, 0.15) is 39.5 Å². The second-order valence-electron chi connectivity index (χ2n) is 6.91. The molecule has 0 radical (unpaired) electrons. The van der Waals surface area contributed by atoms with Gasteiger partial charge in [-0.05, 0) is 26.7 Å². The van der Waals surface area contributed by atoms with E-state index < -0.39 is 68.3 Å². The highest BCUT2D eigenvalue weighted by Crippen LogP contribution is 2.52. The topological polar surface area (TPSA) is 101 Å². The third-order valence-electron chi connectivity index (χ3n) is 3.98. The smallest absolute Gasteiger partial charge is 0.390 e. The number of hydrogen-bond acceptors (Lipinski definition) is 6. The lowest BCUT2D eigenvalue weighted by molar-refractivity contribution is -0.247. The van der Waals surface area contributed by atoms with Crippen LogP contribution in [0.4, 0.5) is 26.3 Å². The number of alkyl halides is 6. The molecule has 1 saturated heterocycles. The molecular weight excluding hydrogens is 444 g/mol. The molecule has 0 aromatic rings. The Morgan fingerprint density at radius 2 is 1.36 bits per heavy atom. The van der Waals surface area contributed by atoms with Gasteiger partial charge in [0.15, 0.2) is 0 Å². The van der Waals surface area contributed by atoms with Crippen LogP contribution in [0.5, 0.6) is 0 Å². The van der Waals surface area contributed by atoms with E-state index in [4.69, 9.17) is 0 Å². The number of piperidine rings is 1. The number of nitrogens with zero attached hydrogens (tertiary/aromatic N) is 1. The molecule has 28 heavy (non-hydrogen) atoms. The van der Waals surface area contributed by atoms with E-state index in [9.17, 15) is 48.3 Å². The molecule has 0 aromatic carbocycles. The van der Waals surface area contributed by atoms with Crippen molar-refractivity contribution < 1.29 is 52.5 Å². The fourth-order valence-electron chi connectivity index (χ4n) is 2.23. The quantitative estimate of drug-likeness (QED) is 0.414. The zero-order chi connectivity index (χ0) is 22.2. The van der Waals surface area contributed by atoms with Gasteiger partial charge < -0.3 is 5.11 Å². The van der Waals surface area contributed by atoms with E-state index in [1.807, 2.05) is 0 Å². The van der Waals surface area contributed by atoms with Gasteiger partial charge in [0.25, 0.3) is 10.0 Å². The zero-order valence-electron chi connectivity index (χ0n) is 15.0. The minimum atomic E-state index is -6.83. The van der Waals surface area contributed by atoms with Crippen LogP contribution in [0, 0.1) is 0 Å². The second kappa shape index (κ2) is 7.89. The minimum Gasteiger partial charge on any atom is -0.390 e. The maximum atomic E-state index is 14.1. The van der Waals surface area contributed by atoms with Crippen molar-refractivity contribution >= 4 is 20.1 Å². The molecule has 1 rings (SSSR count). The van der Waals surface area contributed by atoms with Gasteiger partial charge in [0.1, 0.15) is 0 Å². The van der Waals surface area contributed by atoms with E-state index in [-0.39, 0.29) is 17.1 Å². The Morgan fingerprint density at radius 1 is 0.893 bits per heavy atom. The summed E-state index contributed by atoms with van der Waals surface area (Å²) in [5, 5.41) is -3.64. The van der Waals surface area contributed by atoms with Crippen molar-refractivity contribution in [1.29, 1.82) is 0 Å². The summed E-state index contributed by atoms with van der Waals surface area (Å²) in [6.07, 6.45) is -0.0881. The summed E-state index contributed by atoms with van der Waals surface area (Å²) in [6.45, 7) is -0.158. The summed E-state index contributed by atoms with van der Waals surface area (Å²) >= 11 is 0. The predicted octanol–water partition coefficient (Wildman–Crippen LogP) is 2.13. The molecule has 0 aliphatic carbocycles. The molecule has 0 atom stereocenters. The molecule has 0 unspecified atom stereocenters. The first-order chi connectivity index (χ1) is 12.3. The number of aliphatic hydroxyl groups is 1. The Hall–Kier alpha value is -0.640. The number of hydrogen-bond donors (Lipinski definition) is 1. The van der Waals surface area contributed by atoms with Crippen molar-refractivity contribution in [3.8, 4) is 0 Å². The average Bonchev–Trinajstić information content (AvgIpc) is 2.53. The van der Waals surface area contributed by atoms with E-state index in [2.05, 4.69) is 4.18 Å². The first kappa shape index (κ1) is 25.4. The molecule has 1 aliphatic rings. The van der Waals surface area contributed by atoms with Crippen LogP contribution in [0.3, 0.4) is 0 Å². The lowest BCUT2D eigenvalue weighted by Gasteiger charge is -2.35. The van der Waals surface area contributed by atoms with Gasteiger partial charge >= 0.3 is 26.5 Å². The monoisotopic (exact) mass is 465 g/mol. The van der Waals surface area contributed by atoms with E-state index in [0.717, 1.165) is 13.8 Å². The normalized spacial score (nSPS) is 19.0. The highest BCUT2D eigenvalue weighted by Gasteiger charge is 2.83. The highest BCUT2D eigenvalue weighted by atomic mass is 32.2. The van der Waals surface area contributed by atoms with Crippen LogP contribution < -0.4 is 0 Å². The Labute approximate surface area is 158 Å². The molecule has 15 heteroatoms. The molecule has 0 aromatic heterocycles. The highest BCUT2D eigenvalue weighted by molar-refractivity contribution is 7.90. The Morgan fingerprint density at radius 3 is 1.79 bits per heavy atom. The molecule has 0 bridgehead atoms. The van der Waals surface area contributed by atoms with Gasteiger partial charge in [0, 0.05) is 19.5 Å². The predicted molar refractivity (Wildman–Crippen MR) is 85.0 cm³/mol. The third-order valence-corrected chi connectivity index (χ3v) is 7.29. The van der Waals surface area contributed by atoms with E-state index >= 15 is 0 Å². The Bertz CT molecular complexity index is 757. The molecule has 1 N–H and O–H groups in total. The molecule has 1 fully saturated rings. The number of sulfonamides is 1. The van der Waals surface area contributed by atoms with Crippen molar-refractivity contribution in [3.63, 3.8) is 0 Å². The van der Waals surface area contributed by atoms with Crippen LogP contribution >= 0.6 is 0 Å². The fourth-order valence-corrected chi connectivity index (χ4v) is 4.70. The van der Waals surface area contributed by atoms with Crippen LogP contribution in [0.2, 0.25) is 0 Å². The molecule has 7 nitrogen and oxygen atoms in total. The van der Waals surface area contributed by atoms with Crippen LogP contribution in [0.15, 0.2) is 0 Å². The van der Waals surface area contributed by atoms with E-state index in [0.29, 0.717) is 6.42 Å². The summed E-state index contributed by atoms with van der Waals surface area (Å²) in [5.41, 5.74) is -1.63. The Balaban J connectivity index is 3.21. The first-order valence-electron chi connectivity index (χ1n) is 8.06. The SMILES string of the molecule is CC(C)(O)CCOS(=O)(=O)C(F)(F)C(F)(F)C(F)(F)S(=O)(=O)N1CCCCC1. The first-order valence-corrected chi connectivity index (χ1v) is 10.9. The van der Waals surface area contributed by atoms with Gasteiger partial charge in [-0.3, -0.25) is 4.18 Å². The van der Waals surface area contributed by atoms with Gasteiger partial charge in [-0.25, -0.2) is 8.42 Å². The van der Waals surface area contributed by atoms with Gasteiger partial charge in [-0.1, -0.05) is 6.42 Å². The summed E-state index contributed by atoms with van der Waals surface area (Å²) in [6, 6.07) is 0. The second-order valence-corrected chi connectivity index (χ2v) is 10.5. The van der Waals surface area contributed by atoms with E-state index in [1.165, 1.54) is 0 Å². The van der Waals surface area contributed by atoms with Crippen molar-refractivity contribution in [1.82, 2.24) is 4.31 Å². The lowest BCUT2D eigenvalue weighted by atomic mass is 10.1. The van der Waals surface area contributed by atoms with Crippen molar-refractivity contribution in [2.24, 2.45) is 0 Å². The standard InChI is InChI=1S/C13H21F6NO6S2/c1-10(2,21)6-9-26-28(24,25)13(18,19)11(14,15)12(16,17)27(22,23)20-7-4-3-5-8-20/h21H,3-9H2,1-2H3. The third kappa shape index (κ3) is 4.57. The van der Waals surface area contributed by atoms with Crippen LogP contribution in [-0.4, -0.2) is 68.0 Å². The van der Waals surface area contributed by atoms with Gasteiger partial charge in [0.05, 0.1) is 12.2 Å². The number of halogens is 6. The molecular formula is C13H21F6NO6S2. The average molecular weight is 465 g/mol. The van der Waals surface area contributed by atoms with Gasteiger partial charge in [-0.15, -0.1) is 0 Å². The minimum absolute atomic E-state index is 0.0512. The van der Waals surface area contributed by atoms with Crippen molar-refractivity contribution in [2.75, 3.05) is 19.7 Å². The van der Waals surface area contributed by atoms with Crippen LogP contribution in [-0.2, 0) is 24.3 Å². The molecule has 0 amide bonds. The van der Waals surface area contributed by atoms with Gasteiger partial charge in [0.2, 0.25) is 0 Å². The fraction of sp³-hybridized carbons (Fsp3) is 1.00. The summed E-state index contributed by atoms with van der Waals surface area (Å²) in [5.74, 6) is -6.83. The summed E-state index contributed by atoms with van der Waals surface area (Å²) < 4.78 is 134. The van der Waals surface area contributed by atoms with Crippen molar-refractivity contribution in [3.05, 3.63) is 0 Å². The van der Waals surface area contributed by atoms with Crippen LogP contribution in [0.25, 0.3) is 0 Å². The van der Waals surface area contributed by atoms with Crippen molar-refractivity contribution in [2.45, 2.75) is 61.6 Å². The molecule has 168 valence electrons. The maximum Gasteiger partial charge on any atom is 0.439 e. The molecule has 0 saturated carbocycles. The largest absolute Gasteiger partial charge is 0.439 e. The lowest BCUT2D eigenvalue weighted by Crippen LogP contribution is -2.63. The van der Waals surface area contributed by atoms with Gasteiger partial charge in [-0.2, -0.15) is 39.1 Å². The van der Waals surface area contributed by atoms with E-state index in [1.54, 1.807) is 0 Å².